The summed E-state index contributed by atoms with van der Waals surface area (Å²) in [6.07, 6.45) is 14.2. The van der Waals surface area contributed by atoms with Gasteiger partial charge in [-0.2, -0.15) is 0 Å². The van der Waals surface area contributed by atoms with Gasteiger partial charge in [-0.1, -0.05) is 258 Å². The first-order chi connectivity index (χ1) is 48.2. The Bertz CT molecular complexity index is 2130. The maximum atomic E-state index is 14.4. The van der Waals surface area contributed by atoms with Crippen molar-refractivity contribution in [3.05, 3.63) is 12.2 Å². The van der Waals surface area contributed by atoms with Crippen LogP contribution in [0.1, 0.15) is 310 Å². The Labute approximate surface area is 599 Å². The number of unbranched alkanes of at least 4 members (excludes halogenated alkanes) is 34. The maximum Gasteiger partial charge on any atom is 0.472 e. The normalized spacial score (nSPS) is 27.7. The number of esters is 3. The van der Waals surface area contributed by atoms with Crippen LogP contribution in [-0.4, -0.2) is 204 Å². The Morgan fingerprint density at radius 1 is 0.410 bits per heavy atom. The highest BCUT2D eigenvalue weighted by Gasteiger charge is 2.58. The van der Waals surface area contributed by atoms with Crippen molar-refractivity contribution < 1.29 is 117 Å². The van der Waals surface area contributed by atoms with E-state index in [1.165, 1.54) is 148 Å². The van der Waals surface area contributed by atoms with Gasteiger partial charge in [-0.15, -0.1) is 0 Å². The van der Waals surface area contributed by atoms with Crippen molar-refractivity contribution >= 4 is 25.7 Å². The van der Waals surface area contributed by atoms with E-state index < -0.39 is 156 Å². The number of phosphoric ester groups is 1. The molecular formula is C75H139O24P. The van der Waals surface area contributed by atoms with Crippen LogP contribution in [0.5, 0.6) is 0 Å². The van der Waals surface area contributed by atoms with E-state index in [-0.39, 0.29) is 19.3 Å². The average Bonchev–Trinajstić information content (AvgIpc) is 0.761. The van der Waals surface area contributed by atoms with Gasteiger partial charge in [-0.25, -0.2) is 4.57 Å². The zero-order chi connectivity index (χ0) is 73.3. The molecule has 100 heavy (non-hydrogen) atoms. The number of aliphatic hydroxyl groups is 10. The predicted molar refractivity (Wildman–Crippen MR) is 379 cm³/mol. The smallest absolute Gasteiger partial charge is 0.463 e. The monoisotopic (exact) mass is 1450 g/mol. The van der Waals surface area contributed by atoms with Gasteiger partial charge in [0.25, 0.3) is 0 Å². The Kier molecular flexibility index (Phi) is 51.5. The van der Waals surface area contributed by atoms with Crippen LogP contribution in [0.3, 0.4) is 0 Å². The number of carbonyl (C=O) groups excluding carboxylic acids is 3. The molecule has 11 N–H and O–H groups in total. The summed E-state index contributed by atoms with van der Waals surface area (Å²) < 4.78 is 65.1. The number of ether oxygens (including phenoxy) is 7. The largest absolute Gasteiger partial charge is 0.472 e. The standard InChI is InChI=1S/C75H139O24P/c1-5-8-11-14-17-19-21-23-24-25-27-29-31-33-39-44-49-60(78)92-54-58-63(81)65(83)70(88)75(96-58)98-72-68(86)66(84)67(85)71(97-74-69(87)64(82)62(80)57(51-76)95-74)73(72)99-100(89,90)93-53-56(52-91-59(77)48-43-38-32-30-28-26-22-20-18-15-12-9-6-2)94-61(79)50-45-40-35-34-37-42-47-55(4)46-41-36-16-13-10-7-3/h26,28,55-58,62-76,80-88H,5-25,27,29-54H2,1-4H3,(H,89,90)/b28-26-. The molecule has 19 atom stereocenters. The summed E-state index contributed by atoms with van der Waals surface area (Å²) in [6, 6.07) is 0. The molecule has 0 aromatic carbocycles. The number of allylic oxidation sites excluding steroid dienone is 2. The molecule has 24 nitrogen and oxygen atoms in total. The molecule has 3 rings (SSSR count). The molecule has 0 aromatic rings. The molecule has 3 aliphatic rings. The quantitative estimate of drug-likeness (QED) is 0.00886. The summed E-state index contributed by atoms with van der Waals surface area (Å²) in [4.78, 5) is 51.1. The molecule has 1 aliphatic carbocycles. The van der Waals surface area contributed by atoms with Crippen molar-refractivity contribution in [2.75, 3.05) is 26.4 Å². The fraction of sp³-hybridized carbons (Fsp3) is 0.933. The van der Waals surface area contributed by atoms with Crippen LogP contribution in [0.2, 0.25) is 0 Å². The molecule has 2 aliphatic heterocycles. The number of hydrogen-bond donors (Lipinski definition) is 11. The van der Waals surface area contributed by atoms with Crippen molar-refractivity contribution in [2.24, 2.45) is 5.92 Å². The average molecular weight is 1460 g/mol. The molecular weight excluding hydrogens is 1320 g/mol. The molecule has 2 heterocycles. The van der Waals surface area contributed by atoms with E-state index in [9.17, 15) is 74.9 Å². The summed E-state index contributed by atoms with van der Waals surface area (Å²) in [5.41, 5.74) is 0. The molecule has 25 heteroatoms. The summed E-state index contributed by atoms with van der Waals surface area (Å²) >= 11 is 0. The second-order valence-electron chi connectivity index (χ2n) is 28.7. The lowest BCUT2D eigenvalue weighted by atomic mass is 9.84. The van der Waals surface area contributed by atoms with Gasteiger partial charge in [0.15, 0.2) is 18.7 Å². The van der Waals surface area contributed by atoms with Gasteiger partial charge < -0.3 is 89.1 Å². The highest BCUT2D eigenvalue weighted by Crippen LogP contribution is 2.49. The van der Waals surface area contributed by atoms with E-state index in [1.54, 1.807) is 0 Å². The SMILES string of the molecule is CCCCCCCC/C=C\CCCCCC(=O)OCC(COP(=O)(O)OC1C(OC2OC(CO)C(O)C(O)C2O)C(O)C(O)C(O)C1OC1OC(COC(=O)CCCCCCCCCCCCCCCCCC)C(O)C(O)C1O)OC(=O)CCCCCCCCC(C)CCCCCCCC. The van der Waals surface area contributed by atoms with Crippen LogP contribution in [0.25, 0.3) is 0 Å². The summed E-state index contributed by atoms with van der Waals surface area (Å²) in [6.45, 7) is 5.77. The molecule has 0 radical (unpaired) electrons. The highest BCUT2D eigenvalue weighted by molar-refractivity contribution is 7.47. The zero-order valence-electron chi connectivity index (χ0n) is 61.7. The first-order valence-corrected chi connectivity index (χ1v) is 40.9. The maximum absolute atomic E-state index is 14.4. The molecule has 2 saturated heterocycles. The van der Waals surface area contributed by atoms with Crippen LogP contribution in [0.4, 0.5) is 0 Å². The van der Waals surface area contributed by atoms with Gasteiger partial charge in [0, 0.05) is 19.3 Å². The first-order valence-electron chi connectivity index (χ1n) is 39.4. The Morgan fingerprint density at radius 2 is 0.760 bits per heavy atom. The number of aliphatic hydroxyl groups excluding tert-OH is 10. The molecule has 1 saturated carbocycles. The lowest BCUT2D eigenvalue weighted by molar-refractivity contribution is -0.360. The highest BCUT2D eigenvalue weighted by atomic mass is 31.2. The molecule has 0 aromatic heterocycles. The van der Waals surface area contributed by atoms with Crippen molar-refractivity contribution in [2.45, 2.75) is 414 Å². The number of phosphoric acid groups is 1. The van der Waals surface area contributed by atoms with E-state index >= 15 is 0 Å². The molecule has 3 fully saturated rings. The minimum absolute atomic E-state index is 0.0267. The lowest BCUT2D eigenvalue weighted by Gasteiger charge is -2.49. The van der Waals surface area contributed by atoms with Gasteiger partial charge >= 0.3 is 25.7 Å². The van der Waals surface area contributed by atoms with Crippen molar-refractivity contribution in [3.8, 4) is 0 Å². The van der Waals surface area contributed by atoms with Crippen LogP contribution in [0.15, 0.2) is 12.2 Å². The third-order valence-corrected chi connectivity index (χ3v) is 20.7. The van der Waals surface area contributed by atoms with E-state index in [0.717, 1.165) is 96.3 Å². The van der Waals surface area contributed by atoms with Crippen LogP contribution >= 0.6 is 7.82 Å². The Morgan fingerprint density at radius 3 is 1.19 bits per heavy atom. The van der Waals surface area contributed by atoms with E-state index in [2.05, 4.69) is 39.8 Å². The molecule has 0 bridgehead atoms. The van der Waals surface area contributed by atoms with Crippen LogP contribution in [0, 0.1) is 5.92 Å². The van der Waals surface area contributed by atoms with Crippen LogP contribution in [-0.2, 0) is 61.2 Å². The lowest BCUT2D eigenvalue weighted by Crippen LogP contribution is -2.69. The Balaban J connectivity index is 1.72. The summed E-state index contributed by atoms with van der Waals surface area (Å²) in [7, 11) is -5.70. The third-order valence-electron chi connectivity index (χ3n) is 19.7. The molecule has 0 spiro atoms. The van der Waals surface area contributed by atoms with Gasteiger partial charge in [0.05, 0.1) is 13.2 Å². The minimum Gasteiger partial charge on any atom is -0.463 e. The van der Waals surface area contributed by atoms with Gasteiger partial charge in [0.1, 0.15) is 98.7 Å². The zero-order valence-corrected chi connectivity index (χ0v) is 62.6. The van der Waals surface area contributed by atoms with E-state index in [1.807, 2.05) is 0 Å². The topological polar surface area (TPSA) is 374 Å². The van der Waals surface area contributed by atoms with E-state index in [4.69, 9.17) is 42.2 Å². The summed E-state index contributed by atoms with van der Waals surface area (Å²) in [5.74, 6) is -1.32. The number of hydrogen-bond acceptors (Lipinski definition) is 23. The molecule has 19 unspecified atom stereocenters. The van der Waals surface area contributed by atoms with Crippen molar-refractivity contribution in [3.63, 3.8) is 0 Å². The van der Waals surface area contributed by atoms with Gasteiger partial charge in [-0.3, -0.25) is 23.4 Å². The fourth-order valence-electron chi connectivity index (χ4n) is 13.2. The second kappa shape index (κ2) is 56.1. The summed E-state index contributed by atoms with van der Waals surface area (Å²) in [5, 5.41) is 110. The van der Waals surface area contributed by atoms with E-state index in [0.29, 0.717) is 25.2 Å². The number of rotatable bonds is 61. The minimum atomic E-state index is -5.70. The Hall–Kier alpha value is -2.30. The molecule has 0 amide bonds. The predicted octanol–water partition coefficient (Wildman–Crippen LogP) is 11.4. The number of carbonyl (C=O) groups is 3. The second-order valence-corrected chi connectivity index (χ2v) is 30.1. The molecule has 588 valence electrons. The van der Waals surface area contributed by atoms with Crippen molar-refractivity contribution in [1.82, 2.24) is 0 Å². The first kappa shape index (κ1) is 91.9. The third kappa shape index (κ3) is 38.8. The van der Waals surface area contributed by atoms with Gasteiger partial charge in [-0.05, 0) is 50.9 Å². The van der Waals surface area contributed by atoms with Crippen LogP contribution < -0.4 is 0 Å². The fourth-order valence-corrected chi connectivity index (χ4v) is 14.1. The van der Waals surface area contributed by atoms with Gasteiger partial charge in [0.2, 0.25) is 0 Å². The van der Waals surface area contributed by atoms with Crippen molar-refractivity contribution in [1.29, 1.82) is 0 Å².